The van der Waals surface area contributed by atoms with Crippen molar-refractivity contribution in [2.45, 2.75) is 32.6 Å². The highest BCUT2D eigenvalue weighted by Crippen LogP contribution is 1.95. The standard InChI is InChI=1S/C10H17Br/c1-2-3-4-5-6-7-8-9-10-11/h5-8H,2-4,9-10H2,1H3/b6-5+,8-7-. The number of unbranched alkanes of at least 4 members (excludes halogenated alkanes) is 2. The highest BCUT2D eigenvalue weighted by molar-refractivity contribution is 9.09. The first kappa shape index (κ1) is 11.0. The quantitative estimate of drug-likeness (QED) is 0.357. The van der Waals surface area contributed by atoms with E-state index >= 15 is 0 Å². The molecule has 0 nitrogen and oxygen atoms in total. The minimum atomic E-state index is 1.06. The summed E-state index contributed by atoms with van der Waals surface area (Å²) in [6.07, 6.45) is 13.6. The fourth-order valence-corrected chi connectivity index (χ4v) is 0.999. The minimum absolute atomic E-state index is 1.06. The molecular formula is C10H17Br. The van der Waals surface area contributed by atoms with Gasteiger partial charge >= 0.3 is 0 Å². The van der Waals surface area contributed by atoms with E-state index < -0.39 is 0 Å². The average molecular weight is 217 g/mol. The molecule has 0 bridgehead atoms. The Hall–Kier alpha value is -0.0400. The summed E-state index contributed by atoms with van der Waals surface area (Å²) in [7, 11) is 0. The Morgan fingerprint density at radius 1 is 1.09 bits per heavy atom. The third-order valence-electron chi connectivity index (χ3n) is 1.38. The van der Waals surface area contributed by atoms with Crippen LogP contribution in [0.4, 0.5) is 0 Å². The Kier molecular flexibility index (Phi) is 9.92. The van der Waals surface area contributed by atoms with Crippen LogP contribution in [-0.2, 0) is 0 Å². The van der Waals surface area contributed by atoms with E-state index in [0.717, 1.165) is 11.8 Å². The van der Waals surface area contributed by atoms with Crippen LogP contribution < -0.4 is 0 Å². The molecule has 0 unspecified atom stereocenters. The molecule has 0 radical (unpaired) electrons. The maximum Gasteiger partial charge on any atom is 0.00660 e. The van der Waals surface area contributed by atoms with Gasteiger partial charge in [-0.25, -0.2) is 0 Å². The van der Waals surface area contributed by atoms with Crippen molar-refractivity contribution in [2.75, 3.05) is 5.33 Å². The lowest BCUT2D eigenvalue weighted by Gasteiger charge is -1.85. The van der Waals surface area contributed by atoms with Gasteiger partial charge < -0.3 is 0 Å². The molecule has 0 spiro atoms. The van der Waals surface area contributed by atoms with Crippen LogP contribution in [0.3, 0.4) is 0 Å². The second kappa shape index (κ2) is 9.96. The van der Waals surface area contributed by atoms with Gasteiger partial charge in [0.05, 0.1) is 0 Å². The van der Waals surface area contributed by atoms with Gasteiger partial charge in [-0.05, 0) is 12.8 Å². The van der Waals surface area contributed by atoms with Crippen LogP contribution in [0.2, 0.25) is 0 Å². The Morgan fingerprint density at radius 2 is 1.73 bits per heavy atom. The predicted octanol–water partition coefficient (Wildman–Crippen LogP) is 4.07. The number of alkyl halides is 1. The molecule has 1 heteroatoms. The van der Waals surface area contributed by atoms with Gasteiger partial charge in [0.2, 0.25) is 0 Å². The number of hydrogen-bond donors (Lipinski definition) is 0. The fourth-order valence-electron chi connectivity index (χ4n) is 0.735. The van der Waals surface area contributed by atoms with Crippen molar-refractivity contribution in [3.05, 3.63) is 24.3 Å². The molecule has 0 rings (SSSR count). The van der Waals surface area contributed by atoms with Gasteiger partial charge in [0.15, 0.2) is 0 Å². The van der Waals surface area contributed by atoms with Crippen LogP contribution in [-0.4, -0.2) is 5.33 Å². The predicted molar refractivity (Wildman–Crippen MR) is 56.2 cm³/mol. The molecule has 0 N–H and O–H groups in total. The zero-order chi connectivity index (χ0) is 8.36. The molecule has 11 heavy (non-hydrogen) atoms. The van der Waals surface area contributed by atoms with Gasteiger partial charge in [0.1, 0.15) is 0 Å². The lowest BCUT2D eigenvalue weighted by atomic mass is 10.2. The number of allylic oxidation sites excluding steroid dienone is 4. The lowest BCUT2D eigenvalue weighted by molar-refractivity contribution is 0.815. The summed E-state index contributed by atoms with van der Waals surface area (Å²) < 4.78 is 0. The highest BCUT2D eigenvalue weighted by Gasteiger charge is 1.75. The van der Waals surface area contributed by atoms with Crippen LogP contribution in [0.25, 0.3) is 0 Å². The third-order valence-corrected chi connectivity index (χ3v) is 1.84. The maximum absolute atomic E-state index is 3.37. The smallest absolute Gasteiger partial charge is 0.00660 e. The largest absolute Gasteiger partial charge is 0.0925 e. The summed E-state index contributed by atoms with van der Waals surface area (Å²) in [5.74, 6) is 0. The summed E-state index contributed by atoms with van der Waals surface area (Å²) in [4.78, 5) is 0. The van der Waals surface area contributed by atoms with Gasteiger partial charge in [-0.15, -0.1) is 0 Å². The molecule has 0 saturated carbocycles. The van der Waals surface area contributed by atoms with Gasteiger partial charge in [0, 0.05) is 5.33 Å². The van der Waals surface area contributed by atoms with Crippen molar-refractivity contribution >= 4 is 15.9 Å². The second-order valence-corrected chi connectivity index (χ2v) is 3.27. The molecule has 0 aliphatic rings. The normalized spacial score (nSPS) is 11.8. The van der Waals surface area contributed by atoms with Gasteiger partial charge in [0.25, 0.3) is 0 Å². The van der Waals surface area contributed by atoms with Crippen molar-refractivity contribution in [3.63, 3.8) is 0 Å². The first-order valence-electron chi connectivity index (χ1n) is 4.29. The van der Waals surface area contributed by atoms with Crippen molar-refractivity contribution in [2.24, 2.45) is 0 Å². The van der Waals surface area contributed by atoms with E-state index in [9.17, 15) is 0 Å². The van der Waals surface area contributed by atoms with Crippen LogP contribution in [0.5, 0.6) is 0 Å². The van der Waals surface area contributed by atoms with Gasteiger partial charge in [-0.3, -0.25) is 0 Å². The monoisotopic (exact) mass is 216 g/mol. The molecule has 64 valence electrons. The average Bonchev–Trinajstić information content (AvgIpc) is 2.03. The minimum Gasteiger partial charge on any atom is -0.0925 e. The van der Waals surface area contributed by atoms with E-state index in [4.69, 9.17) is 0 Å². The molecular weight excluding hydrogens is 200 g/mol. The Morgan fingerprint density at radius 3 is 2.27 bits per heavy atom. The molecule has 0 saturated heterocycles. The SMILES string of the molecule is CCCC/C=C/C=C\CCBr. The maximum atomic E-state index is 3.37. The van der Waals surface area contributed by atoms with E-state index in [2.05, 4.69) is 47.2 Å². The molecule has 0 aromatic rings. The van der Waals surface area contributed by atoms with E-state index in [1.54, 1.807) is 0 Å². The summed E-state index contributed by atoms with van der Waals surface area (Å²) in [5.41, 5.74) is 0. The summed E-state index contributed by atoms with van der Waals surface area (Å²) >= 11 is 3.37. The topological polar surface area (TPSA) is 0 Å². The van der Waals surface area contributed by atoms with Crippen molar-refractivity contribution < 1.29 is 0 Å². The van der Waals surface area contributed by atoms with Crippen LogP contribution in [0, 0.1) is 0 Å². The molecule has 0 aliphatic heterocycles. The number of halogens is 1. The van der Waals surface area contributed by atoms with Gasteiger partial charge in [-0.1, -0.05) is 60.0 Å². The first-order valence-corrected chi connectivity index (χ1v) is 5.41. The second-order valence-electron chi connectivity index (χ2n) is 2.48. The molecule has 0 aromatic carbocycles. The van der Waals surface area contributed by atoms with Crippen LogP contribution >= 0.6 is 15.9 Å². The van der Waals surface area contributed by atoms with Crippen LogP contribution in [0.15, 0.2) is 24.3 Å². The Bertz CT molecular complexity index is 114. The van der Waals surface area contributed by atoms with E-state index in [1.165, 1.54) is 19.3 Å². The van der Waals surface area contributed by atoms with E-state index in [1.807, 2.05) is 0 Å². The Balaban J connectivity index is 3.14. The van der Waals surface area contributed by atoms with Gasteiger partial charge in [-0.2, -0.15) is 0 Å². The lowest BCUT2D eigenvalue weighted by Crippen LogP contribution is -1.66. The highest BCUT2D eigenvalue weighted by atomic mass is 79.9. The molecule has 0 fully saturated rings. The molecule has 0 aromatic heterocycles. The van der Waals surface area contributed by atoms with Crippen LogP contribution in [0.1, 0.15) is 32.6 Å². The van der Waals surface area contributed by atoms with Crippen molar-refractivity contribution in [3.8, 4) is 0 Å². The first-order chi connectivity index (χ1) is 5.41. The molecule has 0 atom stereocenters. The van der Waals surface area contributed by atoms with E-state index in [-0.39, 0.29) is 0 Å². The zero-order valence-electron chi connectivity index (χ0n) is 7.22. The Labute approximate surface area is 78.5 Å². The third kappa shape index (κ3) is 9.96. The zero-order valence-corrected chi connectivity index (χ0v) is 8.81. The summed E-state index contributed by atoms with van der Waals surface area (Å²) in [5, 5.41) is 1.06. The fraction of sp³-hybridized carbons (Fsp3) is 0.600. The molecule has 0 heterocycles. The number of rotatable bonds is 6. The van der Waals surface area contributed by atoms with Crippen molar-refractivity contribution in [1.82, 2.24) is 0 Å². The number of hydrogen-bond acceptors (Lipinski definition) is 0. The summed E-state index contributed by atoms with van der Waals surface area (Å²) in [6, 6.07) is 0. The van der Waals surface area contributed by atoms with E-state index in [0.29, 0.717) is 0 Å². The van der Waals surface area contributed by atoms with Crippen molar-refractivity contribution in [1.29, 1.82) is 0 Å². The molecule has 0 aliphatic carbocycles. The molecule has 0 amide bonds. The summed E-state index contributed by atoms with van der Waals surface area (Å²) in [6.45, 7) is 2.22.